The van der Waals surface area contributed by atoms with E-state index in [9.17, 15) is 13.2 Å². The molecule has 2 aromatic carbocycles. The molecule has 146 valence electrons. The summed E-state index contributed by atoms with van der Waals surface area (Å²) in [6.07, 6.45) is 4.42. The van der Waals surface area contributed by atoms with E-state index in [1.165, 1.54) is 12.1 Å². The first-order valence-electron chi connectivity index (χ1n) is 8.95. The molecule has 0 saturated carbocycles. The number of carbonyl (C=O) groups excluding carboxylic acids is 1. The Kier molecular flexibility index (Phi) is 6.57. The van der Waals surface area contributed by atoms with Crippen molar-refractivity contribution in [1.29, 1.82) is 0 Å². The Morgan fingerprint density at radius 2 is 1.64 bits per heavy atom. The lowest BCUT2D eigenvalue weighted by molar-refractivity contribution is -0.120. The van der Waals surface area contributed by atoms with Crippen LogP contribution in [0.5, 0.6) is 0 Å². The van der Waals surface area contributed by atoms with Crippen molar-refractivity contribution < 1.29 is 13.2 Å². The molecule has 1 aromatic heterocycles. The second-order valence-electron chi connectivity index (χ2n) is 6.19. The number of amides is 1. The van der Waals surface area contributed by atoms with Crippen LogP contribution in [0.1, 0.15) is 12.0 Å². The van der Waals surface area contributed by atoms with Crippen molar-refractivity contribution in [2.45, 2.75) is 17.7 Å². The highest BCUT2D eigenvalue weighted by atomic mass is 32.2. The van der Waals surface area contributed by atoms with E-state index in [4.69, 9.17) is 0 Å². The summed E-state index contributed by atoms with van der Waals surface area (Å²) in [5.41, 5.74) is 1.98. The molecule has 0 spiro atoms. The number of para-hydroxylation sites is 1. The summed E-state index contributed by atoms with van der Waals surface area (Å²) in [5.74, 6) is -0.203. The zero-order valence-electron chi connectivity index (χ0n) is 15.3. The highest BCUT2D eigenvalue weighted by Crippen LogP contribution is 2.08. The Bertz CT molecular complexity index is 1000. The van der Waals surface area contributed by atoms with Gasteiger partial charge in [-0.1, -0.05) is 36.4 Å². The Balaban J connectivity index is 1.39. The summed E-state index contributed by atoms with van der Waals surface area (Å²) < 4.78 is 28.4. The van der Waals surface area contributed by atoms with Crippen LogP contribution in [0.4, 0.5) is 0 Å². The number of carbonyl (C=O) groups is 1. The molecule has 0 unspecified atom stereocenters. The number of hydrogen-bond donors (Lipinski definition) is 2. The van der Waals surface area contributed by atoms with E-state index in [1.54, 1.807) is 29.1 Å². The lowest BCUT2D eigenvalue weighted by atomic mass is 10.2. The van der Waals surface area contributed by atoms with Crippen molar-refractivity contribution in [2.24, 2.45) is 0 Å². The second kappa shape index (κ2) is 9.29. The minimum absolute atomic E-state index is 0.0506. The summed E-state index contributed by atoms with van der Waals surface area (Å²) in [4.78, 5) is 12.1. The summed E-state index contributed by atoms with van der Waals surface area (Å²) in [6, 6.07) is 17.9. The predicted molar refractivity (Wildman–Crippen MR) is 107 cm³/mol. The minimum atomic E-state index is -3.58. The highest BCUT2D eigenvalue weighted by Gasteiger charge is 2.13. The zero-order valence-corrected chi connectivity index (χ0v) is 16.1. The Morgan fingerprint density at radius 3 is 2.36 bits per heavy atom. The van der Waals surface area contributed by atoms with E-state index < -0.39 is 10.0 Å². The van der Waals surface area contributed by atoms with Gasteiger partial charge in [0.05, 0.1) is 16.8 Å². The Labute approximate surface area is 164 Å². The van der Waals surface area contributed by atoms with Crippen LogP contribution < -0.4 is 10.0 Å². The van der Waals surface area contributed by atoms with Crippen LogP contribution in [-0.2, 0) is 21.2 Å². The summed E-state index contributed by atoms with van der Waals surface area (Å²) in [6.45, 7) is 0.514. The lowest BCUT2D eigenvalue weighted by Crippen LogP contribution is -2.31. The Hall–Kier alpha value is -2.97. The second-order valence-corrected chi connectivity index (χ2v) is 7.96. The molecular weight excluding hydrogens is 376 g/mol. The molecule has 0 aliphatic heterocycles. The van der Waals surface area contributed by atoms with Crippen molar-refractivity contribution in [1.82, 2.24) is 19.8 Å². The molecule has 0 aliphatic carbocycles. The number of aromatic nitrogens is 2. The average molecular weight is 398 g/mol. The standard InChI is InChI=1S/C20H22N4O3S/c25-20(12-14-23-28(26,27)19-9-5-2-6-10-19)21-13-11-17-15-22-24(16-17)18-7-3-1-4-8-18/h1-10,15-16,23H,11-14H2,(H,21,25). The van der Waals surface area contributed by atoms with Crippen molar-refractivity contribution in [3.05, 3.63) is 78.6 Å². The van der Waals surface area contributed by atoms with Crippen molar-refractivity contribution in [3.63, 3.8) is 0 Å². The number of rotatable bonds is 9. The van der Waals surface area contributed by atoms with Gasteiger partial charge in [-0.05, 0) is 36.2 Å². The quantitative estimate of drug-likeness (QED) is 0.576. The monoisotopic (exact) mass is 398 g/mol. The van der Waals surface area contributed by atoms with Crippen LogP contribution in [0.3, 0.4) is 0 Å². The number of hydrogen-bond acceptors (Lipinski definition) is 4. The van der Waals surface area contributed by atoms with Gasteiger partial charge < -0.3 is 5.32 Å². The van der Waals surface area contributed by atoms with Crippen LogP contribution in [0.2, 0.25) is 0 Å². The molecule has 0 aliphatic rings. The first-order chi connectivity index (χ1) is 13.5. The summed E-state index contributed by atoms with van der Waals surface area (Å²) in [7, 11) is -3.58. The van der Waals surface area contributed by atoms with E-state index in [0.717, 1.165) is 11.3 Å². The molecule has 3 aromatic rings. The fraction of sp³-hybridized carbons (Fsp3) is 0.200. The number of benzene rings is 2. The van der Waals surface area contributed by atoms with E-state index in [2.05, 4.69) is 15.1 Å². The minimum Gasteiger partial charge on any atom is -0.356 e. The van der Waals surface area contributed by atoms with Gasteiger partial charge in [-0.15, -0.1) is 0 Å². The van der Waals surface area contributed by atoms with Crippen LogP contribution in [0.25, 0.3) is 5.69 Å². The topological polar surface area (TPSA) is 93.1 Å². The molecule has 0 bridgehead atoms. The number of nitrogens with zero attached hydrogens (tertiary/aromatic N) is 2. The zero-order chi connectivity index (χ0) is 19.8. The predicted octanol–water partition coefficient (Wildman–Crippen LogP) is 1.90. The van der Waals surface area contributed by atoms with Gasteiger partial charge in [-0.3, -0.25) is 4.79 Å². The van der Waals surface area contributed by atoms with Crippen molar-refractivity contribution in [3.8, 4) is 5.69 Å². The van der Waals surface area contributed by atoms with Gasteiger partial charge in [0, 0.05) is 25.7 Å². The van der Waals surface area contributed by atoms with Crippen molar-refractivity contribution in [2.75, 3.05) is 13.1 Å². The van der Waals surface area contributed by atoms with Gasteiger partial charge in [-0.2, -0.15) is 5.10 Å². The van der Waals surface area contributed by atoms with Crippen LogP contribution in [0, 0.1) is 0 Å². The molecule has 0 fully saturated rings. The molecule has 0 atom stereocenters. The molecule has 3 rings (SSSR count). The Morgan fingerprint density at radius 1 is 0.964 bits per heavy atom. The average Bonchev–Trinajstić information content (AvgIpc) is 3.18. The maximum atomic E-state index is 12.1. The van der Waals surface area contributed by atoms with E-state index in [-0.39, 0.29) is 23.8 Å². The van der Waals surface area contributed by atoms with Crippen molar-refractivity contribution >= 4 is 15.9 Å². The smallest absolute Gasteiger partial charge is 0.240 e. The fourth-order valence-corrected chi connectivity index (χ4v) is 3.68. The summed E-state index contributed by atoms with van der Waals surface area (Å²) in [5, 5.41) is 7.11. The van der Waals surface area contributed by atoms with Gasteiger partial charge >= 0.3 is 0 Å². The number of sulfonamides is 1. The molecule has 28 heavy (non-hydrogen) atoms. The van der Waals surface area contributed by atoms with E-state index >= 15 is 0 Å². The van der Waals surface area contributed by atoms with Crippen LogP contribution in [0.15, 0.2) is 78.0 Å². The third kappa shape index (κ3) is 5.51. The maximum absolute atomic E-state index is 12.1. The SMILES string of the molecule is O=C(CCNS(=O)(=O)c1ccccc1)NCCc1cnn(-c2ccccc2)c1. The first-order valence-corrected chi connectivity index (χ1v) is 10.4. The molecule has 1 heterocycles. The van der Waals surface area contributed by atoms with E-state index in [0.29, 0.717) is 13.0 Å². The molecule has 0 saturated heterocycles. The molecule has 0 radical (unpaired) electrons. The van der Waals surface area contributed by atoms with Gasteiger partial charge in [0.15, 0.2) is 0 Å². The first kappa shape index (κ1) is 19.8. The van der Waals surface area contributed by atoms with Crippen LogP contribution in [-0.4, -0.2) is 37.2 Å². The largest absolute Gasteiger partial charge is 0.356 e. The van der Waals surface area contributed by atoms with Gasteiger partial charge in [0.25, 0.3) is 0 Å². The maximum Gasteiger partial charge on any atom is 0.240 e. The molecule has 7 nitrogen and oxygen atoms in total. The highest BCUT2D eigenvalue weighted by molar-refractivity contribution is 7.89. The third-order valence-corrected chi connectivity index (χ3v) is 5.57. The summed E-state index contributed by atoms with van der Waals surface area (Å²) >= 11 is 0. The number of nitrogens with one attached hydrogen (secondary N) is 2. The normalized spacial score (nSPS) is 11.3. The van der Waals surface area contributed by atoms with E-state index in [1.807, 2.05) is 36.5 Å². The molecule has 2 N–H and O–H groups in total. The molecule has 1 amide bonds. The van der Waals surface area contributed by atoms with Crippen LogP contribution >= 0.6 is 0 Å². The van der Waals surface area contributed by atoms with Gasteiger partial charge in [0.1, 0.15) is 0 Å². The third-order valence-electron chi connectivity index (χ3n) is 4.09. The lowest BCUT2D eigenvalue weighted by Gasteiger charge is -2.07. The molecule has 8 heteroatoms. The van der Waals surface area contributed by atoms with Gasteiger partial charge in [-0.25, -0.2) is 17.8 Å². The fourth-order valence-electron chi connectivity index (χ4n) is 2.63. The molecular formula is C20H22N4O3S. The van der Waals surface area contributed by atoms with Gasteiger partial charge in [0.2, 0.25) is 15.9 Å².